The van der Waals surface area contributed by atoms with Crippen LogP contribution in [0.25, 0.3) is 0 Å². The van der Waals surface area contributed by atoms with Crippen molar-refractivity contribution in [2.75, 3.05) is 13.2 Å². The Bertz CT molecular complexity index is 253. The molecule has 1 aliphatic heterocycles. The smallest absolute Gasteiger partial charge is 0.172 e. The Hall–Kier alpha value is -0.960. The van der Waals surface area contributed by atoms with Gasteiger partial charge in [-0.3, -0.25) is 0 Å². The summed E-state index contributed by atoms with van der Waals surface area (Å²) in [6, 6.07) is 0. The first-order valence-electron chi connectivity index (χ1n) is 3.35. The molecule has 0 atom stereocenters. The average molecular weight is 168 g/mol. The molecule has 0 aliphatic carbocycles. The van der Waals surface area contributed by atoms with Gasteiger partial charge in [0, 0.05) is 10.8 Å². The van der Waals surface area contributed by atoms with E-state index in [-0.39, 0.29) is 0 Å². The largest absolute Gasteiger partial charge is 0.484 e. The van der Waals surface area contributed by atoms with Crippen molar-refractivity contribution in [3.05, 3.63) is 22.9 Å². The zero-order chi connectivity index (χ0) is 7.68. The third-order valence-electron chi connectivity index (χ3n) is 1.46. The van der Waals surface area contributed by atoms with Gasteiger partial charge in [-0.15, -0.1) is 11.3 Å². The number of rotatable bonds is 0. The molecule has 1 aliphatic rings. The van der Waals surface area contributed by atoms with Gasteiger partial charge in [-0.05, 0) is 5.57 Å². The molecule has 0 fully saturated rings. The molecule has 0 aromatic carbocycles. The number of hydrogen-bond acceptors (Lipinski definition) is 3. The van der Waals surface area contributed by atoms with Crippen LogP contribution in [0.4, 0.5) is 0 Å². The second-order valence-corrected chi connectivity index (χ2v) is 3.17. The van der Waals surface area contributed by atoms with Crippen LogP contribution < -0.4 is 9.47 Å². The maximum atomic E-state index is 5.39. The summed E-state index contributed by atoms with van der Waals surface area (Å²) < 4.78 is 10.8. The van der Waals surface area contributed by atoms with E-state index in [1.165, 1.54) is 0 Å². The molecular formula is C8H8O2S. The Morgan fingerprint density at radius 3 is 2.27 bits per heavy atom. The van der Waals surface area contributed by atoms with Gasteiger partial charge in [0.1, 0.15) is 13.2 Å². The van der Waals surface area contributed by atoms with Crippen LogP contribution in [0.3, 0.4) is 0 Å². The van der Waals surface area contributed by atoms with E-state index in [1.54, 1.807) is 11.3 Å². The zero-order valence-electron chi connectivity index (χ0n) is 6.00. The highest BCUT2D eigenvalue weighted by Crippen LogP contribution is 2.33. The second-order valence-electron chi connectivity index (χ2n) is 2.43. The Kier molecular flexibility index (Phi) is 1.58. The molecule has 0 unspecified atom stereocenters. The Morgan fingerprint density at radius 2 is 1.73 bits per heavy atom. The van der Waals surface area contributed by atoms with Crippen molar-refractivity contribution >= 4 is 11.3 Å². The minimum Gasteiger partial charge on any atom is -0.484 e. The first-order chi connectivity index (χ1) is 5.36. The number of thiophene rings is 1. The summed E-state index contributed by atoms with van der Waals surface area (Å²) in [7, 11) is 0. The van der Waals surface area contributed by atoms with E-state index in [2.05, 4.69) is 6.58 Å². The van der Waals surface area contributed by atoms with Crippen molar-refractivity contribution in [3.8, 4) is 11.5 Å². The van der Waals surface area contributed by atoms with E-state index in [1.807, 2.05) is 10.8 Å². The molecule has 1 aromatic heterocycles. The molecule has 0 spiro atoms. The van der Waals surface area contributed by atoms with Crippen molar-refractivity contribution in [1.82, 2.24) is 0 Å². The fourth-order valence-electron chi connectivity index (χ4n) is 0.885. The lowest BCUT2D eigenvalue weighted by atomic mass is 10.3. The Balaban J connectivity index is 2.27. The van der Waals surface area contributed by atoms with Gasteiger partial charge in [0.25, 0.3) is 0 Å². The third-order valence-corrected chi connectivity index (χ3v) is 2.16. The van der Waals surface area contributed by atoms with Crippen molar-refractivity contribution in [2.24, 2.45) is 0 Å². The lowest BCUT2D eigenvalue weighted by Crippen LogP contribution is -2.02. The summed E-state index contributed by atoms with van der Waals surface area (Å²) in [4.78, 5) is 0. The van der Waals surface area contributed by atoms with Crippen LogP contribution in [-0.4, -0.2) is 13.2 Å². The van der Waals surface area contributed by atoms with E-state index in [4.69, 9.17) is 9.47 Å². The summed E-state index contributed by atoms with van der Waals surface area (Å²) in [5, 5.41) is 3.88. The van der Waals surface area contributed by atoms with Crippen LogP contribution >= 0.6 is 11.3 Å². The summed E-state index contributed by atoms with van der Waals surface area (Å²) in [5.41, 5.74) is 0.978. The van der Waals surface area contributed by atoms with Crippen LogP contribution in [0, 0.1) is 0 Å². The Labute approximate surface area is 69.1 Å². The first-order valence-corrected chi connectivity index (χ1v) is 4.29. The molecular weight excluding hydrogens is 160 g/mol. The van der Waals surface area contributed by atoms with Crippen molar-refractivity contribution in [2.45, 2.75) is 0 Å². The fraction of sp³-hybridized carbons (Fsp3) is 0.250. The zero-order valence-corrected chi connectivity index (χ0v) is 6.82. The maximum Gasteiger partial charge on any atom is 0.172 e. The maximum absolute atomic E-state index is 5.39. The van der Waals surface area contributed by atoms with Gasteiger partial charge in [-0.2, -0.15) is 0 Å². The van der Waals surface area contributed by atoms with Crippen molar-refractivity contribution < 1.29 is 9.47 Å². The van der Waals surface area contributed by atoms with Crippen LogP contribution in [0.15, 0.2) is 22.9 Å². The molecule has 3 heteroatoms. The van der Waals surface area contributed by atoms with E-state index in [9.17, 15) is 0 Å². The molecule has 2 nitrogen and oxygen atoms in total. The number of ether oxygens (including phenoxy) is 2. The van der Waals surface area contributed by atoms with Gasteiger partial charge < -0.3 is 9.47 Å². The van der Waals surface area contributed by atoms with E-state index in [0.29, 0.717) is 13.2 Å². The number of hydrogen-bond donors (Lipinski definition) is 0. The van der Waals surface area contributed by atoms with Gasteiger partial charge in [0.2, 0.25) is 0 Å². The molecule has 0 saturated heterocycles. The molecule has 0 radical (unpaired) electrons. The molecule has 2 rings (SSSR count). The molecule has 0 bridgehead atoms. The minimum atomic E-state index is 0.573. The highest BCUT2D eigenvalue weighted by molar-refractivity contribution is 7.08. The van der Waals surface area contributed by atoms with Crippen molar-refractivity contribution in [3.63, 3.8) is 0 Å². The first kappa shape index (κ1) is 6.73. The summed E-state index contributed by atoms with van der Waals surface area (Å²) >= 11 is 1.59. The van der Waals surface area contributed by atoms with E-state index in [0.717, 1.165) is 17.1 Å². The topological polar surface area (TPSA) is 18.5 Å². The standard InChI is InChI=1S/C8H8O2S/c1-6-2-9-7-4-11-5-8(7)10-3-6/h4-5H,1-3H2. The van der Waals surface area contributed by atoms with Gasteiger partial charge in [0.15, 0.2) is 11.5 Å². The molecule has 11 heavy (non-hydrogen) atoms. The minimum absolute atomic E-state index is 0.573. The summed E-state index contributed by atoms with van der Waals surface area (Å²) in [6.07, 6.45) is 0. The lowest BCUT2D eigenvalue weighted by molar-refractivity contribution is 0.358. The normalized spacial score (nSPS) is 16.2. The van der Waals surface area contributed by atoms with Gasteiger partial charge in [-0.25, -0.2) is 0 Å². The monoisotopic (exact) mass is 168 g/mol. The van der Waals surface area contributed by atoms with Crippen LogP contribution in [0.5, 0.6) is 11.5 Å². The quantitative estimate of drug-likeness (QED) is 0.552. The molecule has 0 saturated carbocycles. The third kappa shape index (κ3) is 1.24. The van der Waals surface area contributed by atoms with Gasteiger partial charge >= 0.3 is 0 Å². The molecule has 2 heterocycles. The molecule has 0 N–H and O–H groups in total. The highest BCUT2D eigenvalue weighted by Gasteiger charge is 2.11. The fourth-order valence-corrected chi connectivity index (χ4v) is 1.57. The molecule has 0 amide bonds. The van der Waals surface area contributed by atoms with Crippen LogP contribution in [0.2, 0.25) is 0 Å². The second kappa shape index (κ2) is 2.58. The summed E-state index contributed by atoms with van der Waals surface area (Å²) in [6.45, 7) is 4.94. The SMILES string of the molecule is C=C1COc2cscc2OC1. The average Bonchev–Trinajstić information content (AvgIpc) is 2.38. The van der Waals surface area contributed by atoms with E-state index >= 15 is 0 Å². The predicted octanol–water partition coefficient (Wildman–Crippen LogP) is 2.08. The van der Waals surface area contributed by atoms with Crippen molar-refractivity contribution in [1.29, 1.82) is 0 Å². The summed E-state index contributed by atoms with van der Waals surface area (Å²) in [5.74, 6) is 1.68. The van der Waals surface area contributed by atoms with Crippen LogP contribution in [-0.2, 0) is 0 Å². The van der Waals surface area contributed by atoms with Gasteiger partial charge in [0.05, 0.1) is 0 Å². The van der Waals surface area contributed by atoms with Crippen LogP contribution in [0.1, 0.15) is 0 Å². The van der Waals surface area contributed by atoms with E-state index < -0.39 is 0 Å². The predicted molar refractivity (Wildman–Crippen MR) is 44.4 cm³/mol. The lowest BCUT2D eigenvalue weighted by Gasteiger charge is -1.98. The highest BCUT2D eigenvalue weighted by atomic mass is 32.1. The number of fused-ring (bicyclic) bond motifs is 1. The molecule has 1 aromatic rings. The molecule has 58 valence electrons. The van der Waals surface area contributed by atoms with Gasteiger partial charge in [-0.1, -0.05) is 6.58 Å². The Morgan fingerprint density at radius 1 is 1.18 bits per heavy atom.